The van der Waals surface area contributed by atoms with Gasteiger partial charge in [-0.15, -0.1) is 4.72 Å². The van der Waals surface area contributed by atoms with Gasteiger partial charge in [-0.05, 0) is 33.8 Å². The van der Waals surface area contributed by atoms with Gasteiger partial charge in [0.1, 0.15) is 10.6 Å². The zero-order valence-corrected chi connectivity index (χ0v) is 12.5. The molecule has 0 radical (unpaired) electrons. The maximum atomic E-state index is 13.6. The highest BCUT2D eigenvalue weighted by Gasteiger charge is 2.29. The second kappa shape index (κ2) is 6.07. The van der Waals surface area contributed by atoms with E-state index in [0.717, 1.165) is 6.07 Å². The Morgan fingerprint density at radius 3 is 2.37 bits per heavy atom. The van der Waals surface area contributed by atoms with Gasteiger partial charge >= 0.3 is 0 Å². The van der Waals surface area contributed by atoms with Gasteiger partial charge < -0.3 is 9.29 Å². The molecule has 2 atom stereocenters. The van der Waals surface area contributed by atoms with Crippen LogP contribution in [0.4, 0.5) is 8.78 Å². The molecule has 0 aliphatic rings. The molecule has 0 aliphatic heterocycles. The molecule has 0 aromatic heterocycles. The van der Waals surface area contributed by atoms with Crippen molar-refractivity contribution in [2.75, 3.05) is 7.11 Å². The summed E-state index contributed by atoms with van der Waals surface area (Å²) in [7, 11) is 1.31. The fourth-order valence-corrected chi connectivity index (χ4v) is 2.32. The Morgan fingerprint density at radius 2 is 1.89 bits per heavy atom. The van der Waals surface area contributed by atoms with E-state index in [1.807, 2.05) is 20.8 Å². The summed E-state index contributed by atoms with van der Waals surface area (Å²) in [4.78, 5) is 0. The Morgan fingerprint density at radius 1 is 1.32 bits per heavy atom. The molecule has 0 aliphatic carbocycles. The van der Waals surface area contributed by atoms with E-state index in [0.29, 0.717) is 5.56 Å². The van der Waals surface area contributed by atoms with Crippen LogP contribution in [0.5, 0.6) is 5.75 Å². The smallest absolute Gasteiger partial charge is 0.168 e. The van der Waals surface area contributed by atoms with Crippen molar-refractivity contribution < 1.29 is 18.1 Å². The number of benzene rings is 1. The number of halogens is 2. The van der Waals surface area contributed by atoms with E-state index in [4.69, 9.17) is 4.74 Å². The fourth-order valence-electron chi connectivity index (χ4n) is 1.52. The Kier molecular flexibility index (Phi) is 5.18. The highest BCUT2D eigenvalue weighted by atomic mass is 32.2. The summed E-state index contributed by atoms with van der Waals surface area (Å²) in [5.74, 6) is -1.50. The van der Waals surface area contributed by atoms with Crippen molar-refractivity contribution in [3.63, 3.8) is 0 Å². The predicted octanol–water partition coefficient (Wildman–Crippen LogP) is 3.09. The van der Waals surface area contributed by atoms with E-state index < -0.39 is 33.8 Å². The Balaban J connectivity index is 3.02. The van der Waals surface area contributed by atoms with Crippen molar-refractivity contribution in [2.24, 2.45) is 0 Å². The Hall–Kier alpha value is -0.850. The zero-order valence-electron chi connectivity index (χ0n) is 11.7. The lowest BCUT2D eigenvalue weighted by Gasteiger charge is -2.27. The van der Waals surface area contributed by atoms with E-state index in [9.17, 15) is 13.3 Å². The minimum absolute atomic E-state index is 0.0349. The van der Waals surface area contributed by atoms with Crippen LogP contribution < -0.4 is 9.46 Å². The number of rotatable bonds is 4. The number of nitrogens with one attached hydrogen (secondary N) is 1. The average molecular weight is 291 g/mol. The van der Waals surface area contributed by atoms with Crippen molar-refractivity contribution in [1.82, 2.24) is 4.72 Å². The molecule has 0 saturated carbocycles. The monoisotopic (exact) mass is 291 g/mol. The molecule has 0 saturated heterocycles. The maximum Gasteiger partial charge on any atom is 0.168 e. The molecule has 0 unspecified atom stereocenters. The maximum absolute atomic E-state index is 13.6. The van der Waals surface area contributed by atoms with Gasteiger partial charge in [0.25, 0.3) is 0 Å². The standard InChI is InChI=1S/C13H19F2NO2S/c1-8(16-19(17)13(2,3)4)10-6-9(14)7-11(15)12(10)18-5/h6-8,16H,1-5H3/t8-,19-/m1/s1. The van der Waals surface area contributed by atoms with Gasteiger partial charge in [-0.2, -0.15) is 0 Å². The summed E-state index contributed by atoms with van der Waals surface area (Å²) in [5, 5.41) is 0. The van der Waals surface area contributed by atoms with Gasteiger partial charge in [0.05, 0.1) is 13.2 Å². The van der Waals surface area contributed by atoms with Crippen LogP contribution >= 0.6 is 0 Å². The fraction of sp³-hybridized carbons (Fsp3) is 0.538. The van der Waals surface area contributed by atoms with Crippen molar-refractivity contribution in [1.29, 1.82) is 0 Å². The number of ether oxygens (including phenoxy) is 1. The first kappa shape index (κ1) is 16.2. The van der Waals surface area contributed by atoms with Crippen molar-refractivity contribution in [3.05, 3.63) is 29.3 Å². The third kappa shape index (κ3) is 4.06. The van der Waals surface area contributed by atoms with Gasteiger partial charge in [0, 0.05) is 23.0 Å². The van der Waals surface area contributed by atoms with Gasteiger partial charge in [0.15, 0.2) is 11.6 Å². The van der Waals surface area contributed by atoms with Gasteiger partial charge in [-0.25, -0.2) is 8.78 Å². The minimum atomic E-state index is -1.34. The van der Waals surface area contributed by atoms with Crippen molar-refractivity contribution in [3.8, 4) is 5.75 Å². The number of hydrogen-bond donors (Lipinski definition) is 1. The van der Waals surface area contributed by atoms with E-state index in [1.54, 1.807) is 6.92 Å². The minimum Gasteiger partial charge on any atom is -0.598 e. The molecule has 0 amide bonds. The van der Waals surface area contributed by atoms with Crippen LogP contribution in [-0.4, -0.2) is 16.4 Å². The lowest BCUT2D eigenvalue weighted by Crippen LogP contribution is -2.40. The third-order valence-electron chi connectivity index (χ3n) is 2.55. The van der Waals surface area contributed by atoms with Crippen molar-refractivity contribution in [2.45, 2.75) is 38.5 Å². The van der Waals surface area contributed by atoms with Crippen LogP contribution in [0.25, 0.3) is 0 Å². The lowest BCUT2D eigenvalue weighted by molar-refractivity contribution is 0.374. The zero-order chi connectivity index (χ0) is 14.8. The summed E-state index contributed by atoms with van der Waals surface area (Å²) in [6, 6.07) is 1.44. The molecule has 1 N–H and O–H groups in total. The van der Waals surface area contributed by atoms with Crippen LogP contribution in [0, 0.1) is 11.6 Å². The molecule has 0 bridgehead atoms. The molecule has 19 heavy (non-hydrogen) atoms. The van der Waals surface area contributed by atoms with Gasteiger partial charge in [-0.3, -0.25) is 0 Å². The van der Waals surface area contributed by atoms with E-state index in [2.05, 4.69) is 4.72 Å². The van der Waals surface area contributed by atoms with E-state index in [1.165, 1.54) is 13.2 Å². The SMILES string of the molecule is COc1c(F)cc(F)cc1[C@@H](C)N[S@+]([O-])C(C)(C)C. The quantitative estimate of drug-likeness (QED) is 0.867. The number of hydrogen-bond acceptors (Lipinski definition) is 3. The van der Waals surface area contributed by atoms with Crippen LogP contribution in [0.15, 0.2) is 12.1 Å². The first-order valence-corrected chi connectivity index (χ1v) is 7.02. The Bertz CT molecular complexity index is 449. The summed E-state index contributed by atoms with van der Waals surface area (Å²) < 4.78 is 46.1. The summed E-state index contributed by atoms with van der Waals surface area (Å²) >= 11 is -1.34. The normalized spacial score (nSPS) is 15.2. The molecule has 0 spiro atoms. The largest absolute Gasteiger partial charge is 0.598 e. The molecule has 1 aromatic carbocycles. The van der Waals surface area contributed by atoms with Crippen LogP contribution in [0.3, 0.4) is 0 Å². The highest BCUT2D eigenvalue weighted by Crippen LogP contribution is 2.30. The second-order valence-electron chi connectivity index (χ2n) is 5.23. The molecule has 1 aromatic rings. The van der Waals surface area contributed by atoms with Gasteiger partial charge in [-0.1, -0.05) is 0 Å². The first-order chi connectivity index (χ1) is 8.66. The summed E-state index contributed by atoms with van der Waals surface area (Å²) in [6.45, 7) is 7.12. The van der Waals surface area contributed by atoms with E-state index in [-0.39, 0.29) is 5.75 Å². The highest BCUT2D eigenvalue weighted by molar-refractivity contribution is 7.90. The molecule has 1 rings (SSSR count). The Labute approximate surface area is 115 Å². The molecular formula is C13H19F2NO2S. The molecule has 6 heteroatoms. The molecule has 0 heterocycles. The van der Waals surface area contributed by atoms with Crippen LogP contribution in [0.2, 0.25) is 0 Å². The van der Waals surface area contributed by atoms with Crippen molar-refractivity contribution >= 4 is 11.4 Å². The predicted molar refractivity (Wildman–Crippen MR) is 72.4 cm³/mol. The molecule has 0 fully saturated rings. The summed E-state index contributed by atoms with van der Waals surface area (Å²) in [6.07, 6.45) is 0. The molecular weight excluding hydrogens is 272 g/mol. The average Bonchev–Trinajstić information content (AvgIpc) is 2.26. The number of methoxy groups -OCH3 is 1. The summed E-state index contributed by atoms with van der Waals surface area (Å²) in [5.41, 5.74) is 0.303. The van der Waals surface area contributed by atoms with Crippen LogP contribution in [0.1, 0.15) is 39.3 Å². The van der Waals surface area contributed by atoms with Crippen LogP contribution in [-0.2, 0) is 11.4 Å². The molecule has 3 nitrogen and oxygen atoms in total. The second-order valence-corrected chi connectivity index (χ2v) is 7.23. The lowest BCUT2D eigenvalue weighted by atomic mass is 10.1. The van der Waals surface area contributed by atoms with E-state index >= 15 is 0 Å². The topological polar surface area (TPSA) is 44.3 Å². The molecule has 108 valence electrons. The van der Waals surface area contributed by atoms with Gasteiger partial charge in [0.2, 0.25) is 0 Å². The third-order valence-corrected chi connectivity index (χ3v) is 4.23. The first-order valence-electron chi connectivity index (χ1n) is 5.87.